The van der Waals surface area contributed by atoms with Crippen LogP contribution in [0.3, 0.4) is 0 Å². The molecule has 24 heavy (non-hydrogen) atoms. The standard InChI is InChI=1S/C18H23N3O3/c1-12-3-4-13(11-22)10-21(12)18(23)17-9-16(19-20-17)14-5-7-15(24-2)8-6-14/h5-9,12-13,22H,3-4,10-11H2,1-2H3,(H,19,20). The Morgan fingerprint density at radius 2 is 2.12 bits per heavy atom. The molecule has 0 saturated carbocycles. The molecule has 1 saturated heterocycles. The van der Waals surface area contributed by atoms with Crippen molar-refractivity contribution in [2.45, 2.75) is 25.8 Å². The van der Waals surface area contributed by atoms with Crippen molar-refractivity contribution in [1.82, 2.24) is 15.1 Å². The maximum absolute atomic E-state index is 12.8. The number of piperidine rings is 1. The van der Waals surface area contributed by atoms with Crippen LogP contribution in [0.1, 0.15) is 30.3 Å². The van der Waals surface area contributed by atoms with Crippen LogP contribution in [0.4, 0.5) is 0 Å². The number of nitrogens with zero attached hydrogens (tertiary/aromatic N) is 2. The van der Waals surface area contributed by atoms with Crippen LogP contribution in [-0.4, -0.2) is 52.4 Å². The summed E-state index contributed by atoms with van der Waals surface area (Å²) in [6, 6.07) is 9.50. The van der Waals surface area contributed by atoms with Crippen molar-refractivity contribution in [3.05, 3.63) is 36.0 Å². The summed E-state index contributed by atoms with van der Waals surface area (Å²) in [6.45, 7) is 2.76. The topological polar surface area (TPSA) is 78.5 Å². The summed E-state index contributed by atoms with van der Waals surface area (Å²) < 4.78 is 5.15. The Morgan fingerprint density at radius 3 is 2.79 bits per heavy atom. The fourth-order valence-corrected chi connectivity index (χ4v) is 3.11. The first kappa shape index (κ1) is 16.5. The number of aromatic nitrogens is 2. The number of aromatic amines is 1. The number of H-pyrrole nitrogens is 1. The summed E-state index contributed by atoms with van der Waals surface area (Å²) in [4.78, 5) is 14.6. The summed E-state index contributed by atoms with van der Waals surface area (Å²) in [5.41, 5.74) is 2.13. The van der Waals surface area contributed by atoms with Crippen LogP contribution < -0.4 is 4.74 Å². The molecule has 1 aliphatic heterocycles. The smallest absolute Gasteiger partial charge is 0.272 e. The SMILES string of the molecule is COc1ccc(-c2cc(C(=O)N3CC(CO)CCC3C)[nH]n2)cc1. The van der Waals surface area contributed by atoms with E-state index in [0.29, 0.717) is 12.2 Å². The van der Waals surface area contributed by atoms with Gasteiger partial charge in [-0.3, -0.25) is 9.89 Å². The van der Waals surface area contributed by atoms with Gasteiger partial charge in [0, 0.05) is 24.8 Å². The molecule has 0 radical (unpaired) electrons. The van der Waals surface area contributed by atoms with E-state index in [1.807, 2.05) is 36.1 Å². The minimum atomic E-state index is -0.0621. The number of benzene rings is 1. The predicted octanol–water partition coefficient (Wildman–Crippen LogP) is 2.32. The second kappa shape index (κ2) is 7.05. The third kappa shape index (κ3) is 3.28. The van der Waals surface area contributed by atoms with Gasteiger partial charge in [-0.15, -0.1) is 0 Å². The number of nitrogens with one attached hydrogen (secondary N) is 1. The van der Waals surface area contributed by atoms with E-state index < -0.39 is 0 Å². The number of carbonyl (C=O) groups is 1. The van der Waals surface area contributed by atoms with E-state index >= 15 is 0 Å². The number of carbonyl (C=O) groups excluding carboxylic acids is 1. The summed E-state index contributed by atoms with van der Waals surface area (Å²) in [5.74, 6) is 0.879. The minimum absolute atomic E-state index is 0.0621. The normalized spacial score (nSPS) is 20.9. The molecule has 0 spiro atoms. The fourth-order valence-electron chi connectivity index (χ4n) is 3.11. The number of aliphatic hydroxyl groups excluding tert-OH is 1. The average molecular weight is 329 g/mol. The average Bonchev–Trinajstić information content (AvgIpc) is 3.12. The third-order valence-electron chi connectivity index (χ3n) is 4.69. The molecule has 2 heterocycles. The monoisotopic (exact) mass is 329 g/mol. The summed E-state index contributed by atoms with van der Waals surface area (Å²) in [6.07, 6.45) is 1.87. The molecule has 2 atom stereocenters. The Labute approximate surface area is 141 Å². The lowest BCUT2D eigenvalue weighted by Crippen LogP contribution is -2.46. The van der Waals surface area contributed by atoms with Gasteiger partial charge in [-0.05, 0) is 56.0 Å². The second-order valence-corrected chi connectivity index (χ2v) is 6.33. The number of methoxy groups -OCH3 is 1. The minimum Gasteiger partial charge on any atom is -0.497 e. The van der Waals surface area contributed by atoms with Crippen molar-refractivity contribution >= 4 is 5.91 Å². The largest absolute Gasteiger partial charge is 0.497 e. The van der Waals surface area contributed by atoms with Crippen LogP contribution >= 0.6 is 0 Å². The van der Waals surface area contributed by atoms with Crippen molar-refractivity contribution in [2.24, 2.45) is 5.92 Å². The molecule has 3 rings (SSSR count). The van der Waals surface area contributed by atoms with Gasteiger partial charge >= 0.3 is 0 Å². The molecule has 128 valence electrons. The molecule has 1 aromatic heterocycles. The van der Waals surface area contributed by atoms with Gasteiger partial charge in [-0.25, -0.2) is 0 Å². The maximum Gasteiger partial charge on any atom is 0.272 e. The molecule has 1 aliphatic rings. The number of likely N-dealkylation sites (tertiary alicyclic amines) is 1. The molecule has 0 bridgehead atoms. The van der Waals surface area contributed by atoms with E-state index in [0.717, 1.165) is 29.8 Å². The van der Waals surface area contributed by atoms with Crippen LogP contribution in [0.15, 0.2) is 30.3 Å². The van der Waals surface area contributed by atoms with Gasteiger partial charge < -0.3 is 14.7 Å². The molecule has 1 amide bonds. The molecule has 2 unspecified atom stereocenters. The first-order chi connectivity index (χ1) is 11.6. The highest BCUT2D eigenvalue weighted by atomic mass is 16.5. The lowest BCUT2D eigenvalue weighted by atomic mass is 9.94. The van der Waals surface area contributed by atoms with Crippen molar-refractivity contribution in [3.8, 4) is 17.0 Å². The van der Waals surface area contributed by atoms with Crippen molar-refractivity contribution in [3.63, 3.8) is 0 Å². The maximum atomic E-state index is 12.8. The van der Waals surface area contributed by atoms with Gasteiger partial charge in [-0.1, -0.05) is 0 Å². The molecular weight excluding hydrogens is 306 g/mol. The highest BCUT2D eigenvalue weighted by molar-refractivity contribution is 5.93. The molecule has 6 heteroatoms. The highest BCUT2D eigenvalue weighted by Crippen LogP contribution is 2.25. The van der Waals surface area contributed by atoms with Crippen LogP contribution in [-0.2, 0) is 0 Å². The Balaban J connectivity index is 1.77. The molecule has 0 aliphatic carbocycles. The van der Waals surface area contributed by atoms with Crippen molar-refractivity contribution in [2.75, 3.05) is 20.3 Å². The van der Waals surface area contributed by atoms with Crippen LogP contribution in [0.5, 0.6) is 5.75 Å². The first-order valence-electron chi connectivity index (χ1n) is 8.24. The van der Waals surface area contributed by atoms with Crippen LogP contribution in [0.2, 0.25) is 0 Å². The molecule has 1 aromatic carbocycles. The zero-order valence-corrected chi connectivity index (χ0v) is 14.0. The van der Waals surface area contributed by atoms with E-state index in [1.165, 1.54) is 0 Å². The van der Waals surface area contributed by atoms with E-state index in [2.05, 4.69) is 10.2 Å². The van der Waals surface area contributed by atoms with Crippen molar-refractivity contribution < 1.29 is 14.6 Å². The van der Waals surface area contributed by atoms with E-state index in [1.54, 1.807) is 13.2 Å². The highest BCUT2D eigenvalue weighted by Gasteiger charge is 2.30. The third-order valence-corrected chi connectivity index (χ3v) is 4.69. The number of ether oxygens (including phenoxy) is 1. The van der Waals surface area contributed by atoms with E-state index in [4.69, 9.17) is 4.74 Å². The van der Waals surface area contributed by atoms with Gasteiger partial charge in [0.2, 0.25) is 0 Å². The molecule has 2 aromatic rings. The number of aliphatic hydroxyl groups is 1. The Morgan fingerprint density at radius 1 is 1.38 bits per heavy atom. The molecule has 1 fully saturated rings. The first-order valence-corrected chi connectivity index (χ1v) is 8.24. The van der Waals surface area contributed by atoms with Crippen LogP contribution in [0, 0.1) is 5.92 Å². The number of amides is 1. The molecular formula is C18H23N3O3. The van der Waals surface area contributed by atoms with Crippen molar-refractivity contribution in [1.29, 1.82) is 0 Å². The Kier molecular flexibility index (Phi) is 4.85. The van der Waals surface area contributed by atoms with Gasteiger partial charge in [0.05, 0.1) is 12.8 Å². The fraction of sp³-hybridized carbons (Fsp3) is 0.444. The predicted molar refractivity (Wildman–Crippen MR) is 90.9 cm³/mol. The number of hydrogen-bond donors (Lipinski definition) is 2. The molecule has 2 N–H and O–H groups in total. The van der Waals surface area contributed by atoms with Gasteiger partial charge in [0.1, 0.15) is 11.4 Å². The summed E-state index contributed by atoms with van der Waals surface area (Å²) >= 11 is 0. The van der Waals surface area contributed by atoms with Gasteiger partial charge in [0.15, 0.2) is 0 Å². The van der Waals surface area contributed by atoms with Crippen LogP contribution in [0.25, 0.3) is 11.3 Å². The van der Waals surface area contributed by atoms with Gasteiger partial charge in [-0.2, -0.15) is 5.10 Å². The van der Waals surface area contributed by atoms with E-state index in [-0.39, 0.29) is 24.5 Å². The molecule has 6 nitrogen and oxygen atoms in total. The van der Waals surface area contributed by atoms with E-state index in [9.17, 15) is 9.90 Å². The summed E-state index contributed by atoms with van der Waals surface area (Å²) in [7, 11) is 1.62. The Bertz CT molecular complexity index is 696. The Hall–Kier alpha value is -2.34. The van der Waals surface area contributed by atoms with Gasteiger partial charge in [0.25, 0.3) is 5.91 Å². The quantitative estimate of drug-likeness (QED) is 0.902. The zero-order valence-electron chi connectivity index (χ0n) is 14.0. The second-order valence-electron chi connectivity index (χ2n) is 6.33. The number of rotatable bonds is 4. The zero-order chi connectivity index (χ0) is 17.1. The lowest BCUT2D eigenvalue weighted by Gasteiger charge is -2.37. The number of hydrogen-bond acceptors (Lipinski definition) is 4. The summed E-state index contributed by atoms with van der Waals surface area (Å²) in [5, 5.41) is 16.5. The lowest BCUT2D eigenvalue weighted by molar-refractivity contribution is 0.0483.